The number of halogens is 1. The second-order valence-electron chi connectivity index (χ2n) is 7.72. The van der Waals surface area contributed by atoms with Gasteiger partial charge in [0.2, 0.25) is 5.91 Å². The number of nitrogens with zero attached hydrogens (tertiary/aromatic N) is 1. The first kappa shape index (κ1) is 24.7. The van der Waals surface area contributed by atoms with Crippen LogP contribution in [0.15, 0.2) is 76.5 Å². The minimum Gasteiger partial charge on any atom is -0.493 e. The number of amides is 2. The molecule has 35 heavy (non-hydrogen) atoms. The summed E-state index contributed by atoms with van der Waals surface area (Å²) in [5.41, 5.74) is 2.44. The smallest absolute Gasteiger partial charge is 0.265 e. The van der Waals surface area contributed by atoms with Crippen LogP contribution in [-0.2, 0) is 16.1 Å². The molecule has 0 saturated carbocycles. The Balaban J connectivity index is 1.49. The quantitative estimate of drug-likeness (QED) is 0.404. The number of para-hydroxylation sites is 1. The van der Waals surface area contributed by atoms with Crippen LogP contribution in [0.5, 0.6) is 11.5 Å². The van der Waals surface area contributed by atoms with E-state index in [0.717, 1.165) is 16.0 Å². The molecule has 0 aromatic heterocycles. The molecule has 0 atom stereocenters. The van der Waals surface area contributed by atoms with Crippen molar-refractivity contribution in [2.24, 2.45) is 0 Å². The Morgan fingerprint density at radius 2 is 1.86 bits per heavy atom. The summed E-state index contributed by atoms with van der Waals surface area (Å²) >= 11 is 7.38. The molecule has 4 rings (SSSR count). The molecule has 0 radical (unpaired) electrons. The molecule has 1 N–H and O–H groups in total. The largest absolute Gasteiger partial charge is 0.493 e. The standard InChI is InChI=1S/C27H25ClN2O4S/c1-3-34-22-13-10-19(14-23(22)33-2)16-29-26(31)17-30-21-6-4-5-7-24(21)35-25(27(30)32)15-18-8-11-20(28)12-9-18/h4-15H,3,16-17H2,1-2H3,(H,29,31)/b25-15-. The third kappa shape index (κ3) is 5.99. The second-order valence-corrected chi connectivity index (χ2v) is 9.24. The molecular formula is C27H25ClN2O4S. The maximum absolute atomic E-state index is 13.4. The molecule has 1 heterocycles. The Bertz CT molecular complexity index is 1260. The van der Waals surface area contributed by atoms with Crippen LogP contribution in [0.1, 0.15) is 18.1 Å². The number of nitrogens with one attached hydrogen (secondary N) is 1. The number of carbonyl (C=O) groups is 2. The van der Waals surface area contributed by atoms with Gasteiger partial charge in [-0.25, -0.2) is 0 Å². The number of hydrogen-bond donors (Lipinski definition) is 1. The van der Waals surface area contributed by atoms with E-state index >= 15 is 0 Å². The summed E-state index contributed by atoms with van der Waals surface area (Å²) in [7, 11) is 1.58. The topological polar surface area (TPSA) is 67.9 Å². The van der Waals surface area contributed by atoms with E-state index in [1.807, 2.05) is 67.6 Å². The zero-order valence-corrected chi connectivity index (χ0v) is 21.0. The van der Waals surface area contributed by atoms with E-state index in [-0.39, 0.29) is 18.4 Å². The van der Waals surface area contributed by atoms with Crippen LogP contribution in [-0.4, -0.2) is 32.1 Å². The Labute approximate surface area is 213 Å². The minimum absolute atomic E-state index is 0.0947. The monoisotopic (exact) mass is 508 g/mol. The summed E-state index contributed by atoms with van der Waals surface area (Å²) < 4.78 is 10.9. The number of fused-ring (bicyclic) bond motifs is 1. The van der Waals surface area contributed by atoms with Crippen molar-refractivity contribution >= 4 is 46.9 Å². The molecule has 3 aromatic rings. The molecule has 8 heteroatoms. The van der Waals surface area contributed by atoms with Gasteiger partial charge >= 0.3 is 0 Å². The van der Waals surface area contributed by atoms with Crippen LogP contribution in [0, 0.1) is 0 Å². The molecule has 1 aliphatic rings. The van der Waals surface area contributed by atoms with Crippen molar-refractivity contribution in [2.75, 3.05) is 25.2 Å². The minimum atomic E-state index is -0.265. The lowest BCUT2D eigenvalue weighted by atomic mass is 10.2. The highest BCUT2D eigenvalue weighted by Gasteiger charge is 2.30. The highest BCUT2D eigenvalue weighted by Crippen LogP contribution is 2.42. The number of methoxy groups -OCH3 is 1. The normalized spacial score (nSPS) is 14.0. The molecule has 3 aromatic carbocycles. The average molecular weight is 509 g/mol. The van der Waals surface area contributed by atoms with Crippen LogP contribution in [0.2, 0.25) is 5.02 Å². The SMILES string of the molecule is CCOc1ccc(CNC(=O)CN2C(=O)/C(=C/c3ccc(Cl)cc3)Sc3ccccc32)cc1OC. The van der Waals surface area contributed by atoms with Gasteiger partial charge in [-0.1, -0.05) is 53.7 Å². The lowest BCUT2D eigenvalue weighted by molar-refractivity contribution is -0.122. The van der Waals surface area contributed by atoms with Gasteiger partial charge in [0.15, 0.2) is 11.5 Å². The Kier molecular flexibility index (Phi) is 8.00. The fourth-order valence-corrected chi connectivity index (χ4v) is 4.81. The molecule has 0 unspecified atom stereocenters. The van der Waals surface area contributed by atoms with Gasteiger partial charge in [-0.05, 0) is 60.5 Å². The summed E-state index contributed by atoms with van der Waals surface area (Å²) in [6.45, 7) is 2.64. The summed E-state index contributed by atoms with van der Waals surface area (Å²) in [5, 5.41) is 3.53. The van der Waals surface area contributed by atoms with Gasteiger partial charge in [0.05, 0.1) is 24.3 Å². The molecule has 0 aliphatic carbocycles. The van der Waals surface area contributed by atoms with Crippen molar-refractivity contribution in [1.82, 2.24) is 5.32 Å². The van der Waals surface area contributed by atoms with Gasteiger partial charge in [-0.3, -0.25) is 14.5 Å². The molecule has 6 nitrogen and oxygen atoms in total. The number of rotatable bonds is 8. The van der Waals surface area contributed by atoms with Gasteiger partial charge in [0.1, 0.15) is 6.54 Å². The summed E-state index contributed by atoms with van der Waals surface area (Å²) in [6.07, 6.45) is 1.82. The molecule has 0 saturated heterocycles. The Morgan fingerprint density at radius 1 is 1.09 bits per heavy atom. The first-order valence-electron chi connectivity index (χ1n) is 11.1. The zero-order valence-electron chi connectivity index (χ0n) is 19.4. The molecule has 1 aliphatic heterocycles. The van der Waals surface area contributed by atoms with E-state index in [0.29, 0.717) is 40.3 Å². The molecule has 0 fully saturated rings. The van der Waals surface area contributed by atoms with E-state index < -0.39 is 0 Å². The van der Waals surface area contributed by atoms with Gasteiger partial charge in [-0.2, -0.15) is 0 Å². The van der Waals surface area contributed by atoms with Gasteiger partial charge < -0.3 is 14.8 Å². The van der Waals surface area contributed by atoms with Gasteiger partial charge in [-0.15, -0.1) is 0 Å². The van der Waals surface area contributed by atoms with Crippen LogP contribution < -0.4 is 19.7 Å². The second kappa shape index (κ2) is 11.3. The molecule has 180 valence electrons. The number of carbonyl (C=O) groups excluding carboxylic acids is 2. The summed E-state index contributed by atoms with van der Waals surface area (Å²) in [6, 6.07) is 20.4. The number of ether oxygens (including phenoxy) is 2. The third-order valence-electron chi connectivity index (χ3n) is 5.32. The molecular weight excluding hydrogens is 484 g/mol. The summed E-state index contributed by atoms with van der Waals surface area (Å²) in [4.78, 5) is 29.2. The fraction of sp³-hybridized carbons (Fsp3) is 0.185. The van der Waals surface area contributed by atoms with Gasteiger partial charge in [0, 0.05) is 16.5 Å². The van der Waals surface area contributed by atoms with E-state index in [9.17, 15) is 9.59 Å². The maximum atomic E-state index is 13.4. The van der Waals surface area contributed by atoms with Crippen LogP contribution >= 0.6 is 23.4 Å². The Hall–Kier alpha value is -3.42. The summed E-state index contributed by atoms with van der Waals surface area (Å²) in [5.74, 6) is 0.770. The number of thioether (sulfide) groups is 1. The van der Waals surface area contributed by atoms with Crippen molar-refractivity contribution in [3.63, 3.8) is 0 Å². The first-order valence-corrected chi connectivity index (χ1v) is 12.3. The van der Waals surface area contributed by atoms with Crippen molar-refractivity contribution in [2.45, 2.75) is 18.4 Å². The molecule has 0 spiro atoms. The molecule has 0 bridgehead atoms. The van der Waals surface area contributed by atoms with E-state index in [1.54, 1.807) is 19.2 Å². The number of anilines is 1. The van der Waals surface area contributed by atoms with Crippen LogP contribution in [0.25, 0.3) is 6.08 Å². The lowest BCUT2D eigenvalue weighted by Gasteiger charge is -2.29. The zero-order chi connectivity index (χ0) is 24.8. The number of hydrogen-bond acceptors (Lipinski definition) is 5. The average Bonchev–Trinajstić information content (AvgIpc) is 2.87. The highest BCUT2D eigenvalue weighted by molar-refractivity contribution is 8.04. The van der Waals surface area contributed by atoms with E-state index in [2.05, 4.69) is 5.32 Å². The van der Waals surface area contributed by atoms with Crippen molar-refractivity contribution < 1.29 is 19.1 Å². The van der Waals surface area contributed by atoms with Crippen molar-refractivity contribution in [3.8, 4) is 11.5 Å². The van der Waals surface area contributed by atoms with Crippen molar-refractivity contribution in [3.05, 3.63) is 87.8 Å². The predicted molar refractivity (Wildman–Crippen MR) is 140 cm³/mol. The lowest BCUT2D eigenvalue weighted by Crippen LogP contribution is -2.42. The van der Waals surface area contributed by atoms with E-state index in [4.69, 9.17) is 21.1 Å². The van der Waals surface area contributed by atoms with Gasteiger partial charge in [0.25, 0.3) is 5.91 Å². The maximum Gasteiger partial charge on any atom is 0.265 e. The molecule has 2 amide bonds. The third-order valence-corrected chi connectivity index (χ3v) is 6.65. The Morgan fingerprint density at radius 3 is 2.60 bits per heavy atom. The highest BCUT2D eigenvalue weighted by atomic mass is 35.5. The van der Waals surface area contributed by atoms with E-state index in [1.165, 1.54) is 16.7 Å². The van der Waals surface area contributed by atoms with Crippen LogP contribution in [0.3, 0.4) is 0 Å². The number of benzene rings is 3. The van der Waals surface area contributed by atoms with Crippen LogP contribution in [0.4, 0.5) is 5.69 Å². The predicted octanol–water partition coefficient (Wildman–Crippen LogP) is 5.54. The fourth-order valence-electron chi connectivity index (χ4n) is 3.63. The first-order chi connectivity index (χ1) is 17.0. The van der Waals surface area contributed by atoms with Crippen molar-refractivity contribution in [1.29, 1.82) is 0 Å².